The lowest BCUT2D eigenvalue weighted by Crippen LogP contribution is -2.82. The highest BCUT2D eigenvalue weighted by Crippen LogP contribution is 2.73. The Bertz CT molecular complexity index is 1190. The fraction of sp³-hybridized carbons (Fsp3) is 0.897. The predicted molar refractivity (Wildman–Crippen MR) is 141 cm³/mol. The van der Waals surface area contributed by atoms with Gasteiger partial charge in [-0.15, -0.1) is 0 Å². The summed E-state index contributed by atoms with van der Waals surface area (Å²) in [5.41, 5.74) is -2.25. The summed E-state index contributed by atoms with van der Waals surface area (Å²) in [6, 6.07) is 0. The first kappa shape index (κ1) is 28.4. The first-order valence-electron chi connectivity index (χ1n) is 15.5. The number of hydrogen-bond acceptors (Lipinski definition) is 12. The molecule has 5 N–H and O–H groups in total. The molecule has 4 aliphatic carbocycles. The Hall–Kier alpha value is -1.13. The lowest BCUT2D eigenvalue weighted by Gasteiger charge is -2.74. The molecule has 4 saturated carbocycles. The number of hydrogen-bond donors (Lipinski definition) is 5. The Morgan fingerprint density at radius 1 is 1.07 bits per heavy atom. The Labute approximate surface area is 244 Å². The highest BCUT2D eigenvalue weighted by molar-refractivity contribution is 6.37. The Morgan fingerprint density at radius 2 is 1.88 bits per heavy atom. The summed E-state index contributed by atoms with van der Waals surface area (Å²) in [6.45, 7) is 4.25. The van der Waals surface area contributed by atoms with Gasteiger partial charge in [0.1, 0.15) is 24.9 Å². The van der Waals surface area contributed by atoms with Crippen LogP contribution in [0.4, 0.5) is 0 Å². The molecule has 15 atom stereocenters. The monoisotopic (exact) mass is 592 g/mol. The van der Waals surface area contributed by atoms with Crippen LogP contribution in [0.2, 0.25) is 0 Å². The molecule has 42 heavy (non-hydrogen) atoms. The standard InChI is InChI=1S/C29H41BO12/c1-13-22(33)23(34)24(35)25(39-13)40-15-8-19-28-12-38-30(41-19)42-27(28,9-15)5-3-17-21(28)18(31)10-26(2)16(4-6-29(17,26)36)14-7-20(32)37-11-14/h7,13,15-19,21-25,31,33-36H,3-6,8-12H2,1-2H3/t13-,15-,16+,17?,18+,19+,21+,22-,23+,24+,25-,26+,27-,28+,29-/m0/s1. The van der Waals surface area contributed by atoms with Gasteiger partial charge in [0.15, 0.2) is 6.29 Å². The number of esters is 1. The van der Waals surface area contributed by atoms with Crippen LogP contribution < -0.4 is 0 Å². The molecule has 0 radical (unpaired) electrons. The van der Waals surface area contributed by atoms with Crippen molar-refractivity contribution in [3.8, 4) is 0 Å². The van der Waals surface area contributed by atoms with E-state index in [0.29, 0.717) is 45.1 Å². The third kappa shape index (κ3) is 3.46. The van der Waals surface area contributed by atoms with Gasteiger partial charge in [-0.05, 0) is 62.9 Å². The molecule has 9 rings (SSSR count). The van der Waals surface area contributed by atoms with Gasteiger partial charge in [0.25, 0.3) is 0 Å². The molecule has 4 bridgehead atoms. The Kier molecular flexibility index (Phi) is 6.22. The molecule has 13 heteroatoms. The fourth-order valence-corrected chi connectivity index (χ4v) is 11.0. The van der Waals surface area contributed by atoms with Crippen molar-refractivity contribution < 1.29 is 58.5 Å². The first-order chi connectivity index (χ1) is 19.9. The average Bonchev–Trinajstić information content (AvgIpc) is 3.49. The number of fused-ring (bicyclic) bond motifs is 4. The van der Waals surface area contributed by atoms with Crippen LogP contribution in [0.1, 0.15) is 58.8 Å². The van der Waals surface area contributed by atoms with Crippen molar-refractivity contribution in [2.24, 2.45) is 28.6 Å². The second-order valence-corrected chi connectivity index (χ2v) is 14.5. The summed E-state index contributed by atoms with van der Waals surface area (Å²) in [7, 11) is -0.820. The van der Waals surface area contributed by atoms with Gasteiger partial charge >= 0.3 is 13.3 Å². The quantitative estimate of drug-likeness (QED) is 0.163. The molecule has 12 nitrogen and oxygen atoms in total. The number of carbonyl (C=O) groups is 1. The molecule has 4 saturated heterocycles. The number of ether oxygens (including phenoxy) is 3. The van der Waals surface area contributed by atoms with E-state index in [1.54, 1.807) is 13.0 Å². The first-order valence-corrected chi connectivity index (χ1v) is 15.5. The number of rotatable bonds is 3. The van der Waals surface area contributed by atoms with Gasteiger partial charge in [-0.25, -0.2) is 4.79 Å². The van der Waals surface area contributed by atoms with Gasteiger partial charge in [0.05, 0.1) is 41.0 Å². The molecule has 0 aromatic rings. The molecular formula is C29H41BO12. The summed E-state index contributed by atoms with van der Waals surface area (Å²) in [6.07, 6.45) is -2.13. The summed E-state index contributed by atoms with van der Waals surface area (Å²) in [5.74, 6) is -0.981. The Balaban J connectivity index is 1.11. The van der Waals surface area contributed by atoms with Gasteiger partial charge in [0.2, 0.25) is 0 Å². The van der Waals surface area contributed by atoms with Gasteiger partial charge < -0.3 is 53.7 Å². The molecule has 0 amide bonds. The van der Waals surface area contributed by atoms with Gasteiger partial charge in [-0.1, -0.05) is 6.92 Å². The van der Waals surface area contributed by atoms with Crippen molar-refractivity contribution in [1.82, 2.24) is 0 Å². The molecule has 232 valence electrons. The zero-order valence-electron chi connectivity index (χ0n) is 24.0. The van der Waals surface area contributed by atoms with Crippen molar-refractivity contribution in [3.63, 3.8) is 0 Å². The minimum absolute atomic E-state index is 0.0563. The van der Waals surface area contributed by atoms with Crippen molar-refractivity contribution >= 4 is 13.3 Å². The van der Waals surface area contributed by atoms with Gasteiger partial charge in [-0.2, -0.15) is 0 Å². The minimum Gasteiger partial charge on any atom is -0.458 e. The number of aliphatic hydroxyl groups excluding tert-OH is 4. The number of carbonyl (C=O) groups excluding carboxylic acids is 1. The van der Waals surface area contributed by atoms with E-state index in [4.69, 9.17) is 28.2 Å². The van der Waals surface area contributed by atoms with Gasteiger partial charge in [-0.3, -0.25) is 0 Å². The van der Waals surface area contributed by atoms with Crippen LogP contribution in [0.15, 0.2) is 11.6 Å². The maximum atomic E-state index is 12.6. The smallest absolute Gasteiger partial charge is 0.458 e. The summed E-state index contributed by atoms with van der Waals surface area (Å²) in [5, 5.41) is 55.7. The van der Waals surface area contributed by atoms with E-state index in [2.05, 4.69) is 6.92 Å². The molecule has 9 aliphatic rings. The second-order valence-electron chi connectivity index (χ2n) is 14.5. The van der Waals surface area contributed by atoms with Crippen LogP contribution in [0.3, 0.4) is 0 Å². The highest BCUT2D eigenvalue weighted by atomic mass is 16.8. The van der Waals surface area contributed by atoms with E-state index < -0.39 is 78.4 Å². The topological polar surface area (TPSA) is 174 Å². The molecule has 5 heterocycles. The van der Waals surface area contributed by atoms with E-state index >= 15 is 0 Å². The van der Waals surface area contributed by atoms with Gasteiger partial charge in [0, 0.05) is 30.4 Å². The second kappa shape index (κ2) is 9.21. The third-order valence-corrected chi connectivity index (χ3v) is 12.9. The lowest BCUT2D eigenvalue weighted by molar-refractivity contribution is -0.370. The van der Waals surface area contributed by atoms with E-state index in [9.17, 15) is 30.3 Å². The molecule has 1 spiro atoms. The van der Waals surface area contributed by atoms with Crippen LogP contribution in [0, 0.1) is 28.6 Å². The SMILES string of the molecule is C[C@@H]1O[C@@H](O[C@H]2C[C@H]3OB4OC[C@]35[C@@H]3C(CC[C@@]5(C2)O4)[C@@]2(O)CC[C@H](C4=CC(=O)OC4)[C@@]2(C)C[C@H]3O)[C@H](O)[C@H](O)[C@H]1O. The summed E-state index contributed by atoms with van der Waals surface area (Å²) >= 11 is 0. The largest absolute Gasteiger partial charge is 0.640 e. The number of aliphatic hydroxyl groups is 5. The van der Waals surface area contributed by atoms with Crippen molar-refractivity contribution in [3.05, 3.63) is 11.6 Å². The minimum atomic E-state index is -1.42. The van der Waals surface area contributed by atoms with Crippen LogP contribution in [-0.2, 0) is 33.0 Å². The zero-order valence-corrected chi connectivity index (χ0v) is 24.0. The van der Waals surface area contributed by atoms with Crippen LogP contribution >= 0.6 is 0 Å². The van der Waals surface area contributed by atoms with Crippen molar-refractivity contribution in [1.29, 1.82) is 0 Å². The molecule has 8 fully saturated rings. The Morgan fingerprint density at radius 3 is 2.64 bits per heavy atom. The van der Waals surface area contributed by atoms with E-state index in [1.807, 2.05) is 0 Å². The third-order valence-electron chi connectivity index (χ3n) is 12.9. The maximum Gasteiger partial charge on any atom is 0.640 e. The molecule has 0 aromatic heterocycles. The molecule has 1 unspecified atom stereocenters. The summed E-state index contributed by atoms with van der Waals surface area (Å²) < 4.78 is 36.1. The highest BCUT2D eigenvalue weighted by Gasteiger charge is 2.80. The maximum absolute atomic E-state index is 12.6. The zero-order chi connectivity index (χ0) is 29.4. The van der Waals surface area contributed by atoms with Crippen LogP contribution in [-0.4, -0.2) is 112 Å². The lowest BCUT2D eigenvalue weighted by atomic mass is 9.39. The van der Waals surface area contributed by atoms with Crippen LogP contribution in [0.25, 0.3) is 0 Å². The molecule has 5 aliphatic heterocycles. The van der Waals surface area contributed by atoms with E-state index in [-0.39, 0.29) is 30.3 Å². The van der Waals surface area contributed by atoms with E-state index in [0.717, 1.165) is 12.0 Å². The molecule has 0 aromatic carbocycles. The van der Waals surface area contributed by atoms with Crippen LogP contribution in [0.5, 0.6) is 0 Å². The summed E-state index contributed by atoms with van der Waals surface area (Å²) in [4.78, 5) is 11.9. The van der Waals surface area contributed by atoms with Crippen molar-refractivity contribution in [2.75, 3.05) is 13.2 Å². The predicted octanol–water partition coefficient (Wildman–Crippen LogP) is -0.430. The van der Waals surface area contributed by atoms with E-state index in [1.165, 1.54) is 0 Å². The number of cyclic esters (lactones) is 1. The average molecular weight is 592 g/mol. The fourth-order valence-electron chi connectivity index (χ4n) is 11.0. The normalized spacial score (nSPS) is 58.2. The van der Waals surface area contributed by atoms with Crippen molar-refractivity contribution in [2.45, 2.75) is 119 Å². The molecular weight excluding hydrogens is 551 g/mol.